The molecule has 0 spiro atoms. The summed E-state index contributed by atoms with van der Waals surface area (Å²) in [6.45, 7) is 8.57. The number of aromatic amines is 1. The number of carbonyl (C=O) groups is 2. The first kappa shape index (κ1) is 17.7. The van der Waals surface area contributed by atoms with Gasteiger partial charge in [-0.05, 0) is 53.4 Å². The molecule has 1 N–H and O–H groups in total. The van der Waals surface area contributed by atoms with Gasteiger partial charge in [0.1, 0.15) is 17.5 Å². The van der Waals surface area contributed by atoms with Crippen molar-refractivity contribution in [1.29, 1.82) is 0 Å². The molecule has 2 fully saturated rings. The highest BCUT2D eigenvalue weighted by atomic mass is 16.6. The van der Waals surface area contributed by atoms with Crippen LogP contribution in [0.1, 0.15) is 64.1 Å². The fraction of sp³-hybridized carbons (Fsp3) is 0.765. The van der Waals surface area contributed by atoms with Gasteiger partial charge in [-0.25, -0.2) is 9.78 Å². The molecule has 1 aromatic rings. The monoisotopic (exact) mass is 349 g/mol. The van der Waals surface area contributed by atoms with Crippen molar-refractivity contribution in [2.45, 2.75) is 71.1 Å². The first-order valence-electron chi connectivity index (χ1n) is 8.95. The number of amides is 2. The highest BCUT2D eigenvalue weighted by molar-refractivity contribution is 5.87. The third-order valence-corrected chi connectivity index (χ3v) is 4.63. The molecule has 3 heterocycles. The Bertz CT molecular complexity index is 651. The van der Waals surface area contributed by atoms with E-state index in [0.717, 1.165) is 25.1 Å². The van der Waals surface area contributed by atoms with Gasteiger partial charge in [0.15, 0.2) is 5.82 Å². The second-order valence-corrected chi connectivity index (χ2v) is 7.80. The Balaban J connectivity index is 1.71. The summed E-state index contributed by atoms with van der Waals surface area (Å²) in [6.07, 6.45) is 3.11. The molecular weight excluding hydrogens is 322 g/mol. The number of ether oxygens (including phenoxy) is 1. The molecule has 0 aromatic carbocycles. The molecule has 138 valence electrons. The van der Waals surface area contributed by atoms with Crippen LogP contribution in [0.25, 0.3) is 0 Å². The topological polar surface area (TPSA) is 91.4 Å². The summed E-state index contributed by atoms with van der Waals surface area (Å²) in [5.41, 5.74) is -0.565. The third kappa shape index (κ3) is 3.77. The van der Waals surface area contributed by atoms with Crippen LogP contribution in [0.4, 0.5) is 4.79 Å². The van der Waals surface area contributed by atoms with E-state index in [0.29, 0.717) is 25.3 Å². The van der Waals surface area contributed by atoms with E-state index in [1.807, 2.05) is 32.6 Å². The lowest BCUT2D eigenvalue weighted by atomic mass is 9.96. The van der Waals surface area contributed by atoms with Gasteiger partial charge in [0.2, 0.25) is 5.91 Å². The highest BCUT2D eigenvalue weighted by Crippen LogP contribution is 2.32. The number of nitrogens with zero attached hydrogens (tertiary/aromatic N) is 4. The van der Waals surface area contributed by atoms with Crippen molar-refractivity contribution in [2.24, 2.45) is 0 Å². The number of hydrogen-bond donors (Lipinski definition) is 1. The Morgan fingerprint density at radius 2 is 1.92 bits per heavy atom. The average molecular weight is 349 g/mol. The Morgan fingerprint density at radius 3 is 2.48 bits per heavy atom. The van der Waals surface area contributed by atoms with Crippen LogP contribution < -0.4 is 0 Å². The molecule has 2 saturated heterocycles. The lowest BCUT2D eigenvalue weighted by molar-refractivity contribution is -0.145. The quantitative estimate of drug-likeness (QED) is 0.883. The largest absolute Gasteiger partial charge is 0.444 e. The maximum atomic E-state index is 13.1. The summed E-state index contributed by atoms with van der Waals surface area (Å²) >= 11 is 0. The second kappa shape index (κ2) is 6.65. The van der Waals surface area contributed by atoms with Crippen molar-refractivity contribution in [3.63, 3.8) is 0 Å². The summed E-state index contributed by atoms with van der Waals surface area (Å²) in [5.74, 6) is 1.38. The summed E-state index contributed by atoms with van der Waals surface area (Å²) in [6, 6.07) is -0.553. The van der Waals surface area contributed by atoms with E-state index in [1.54, 1.807) is 0 Å². The maximum absolute atomic E-state index is 13.1. The summed E-state index contributed by atoms with van der Waals surface area (Å²) < 4.78 is 5.41. The minimum absolute atomic E-state index is 0.0238. The van der Waals surface area contributed by atoms with Gasteiger partial charge in [-0.1, -0.05) is 0 Å². The predicted octanol–water partition coefficient (Wildman–Crippen LogP) is 2.18. The first-order valence-corrected chi connectivity index (χ1v) is 8.95. The van der Waals surface area contributed by atoms with Gasteiger partial charge in [0, 0.05) is 13.1 Å². The zero-order chi connectivity index (χ0) is 18.2. The third-order valence-electron chi connectivity index (χ3n) is 4.63. The second-order valence-electron chi connectivity index (χ2n) is 7.80. The van der Waals surface area contributed by atoms with Crippen molar-refractivity contribution in [3.05, 3.63) is 11.6 Å². The average Bonchev–Trinajstić information content (AvgIpc) is 2.90. The van der Waals surface area contributed by atoms with Crippen molar-refractivity contribution >= 4 is 12.0 Å². The number of aromatic nitrogens is 3. The molecule has 25 heavy (non-hydrogen) atoms. The maximum Gasteiger partial charge on any atom is 0.410 e. The van der Waals surface area contributed by atoms with Crippen LogP contribution in [0.3, 0.4) is 0 Å². The zero-order valence-corrected chi connectivity index (χ0v) is 15.4. The molecule has 1 unspecified atom stereocenters. The summed E-state index contributed by atoms with van der Waals surface area (Å²) in [7, 11) is 0. The predicted molar refractivity (Wildman–Crippen MR) is 90.8 cm³/mol. The fourth-order valence-corrected chi connectivity index (χ4v) is 3.35. The van der Waals surface area contributed by atoms with Gasteiger partial charge in [0.05, 0.1) is 6.04 Å². The van der Waals surface area contributed by atoms with E-state index in [4.69, 9.17) is 4.74 Å². The van der Waals surface area contributed by atoms with Crippen molar-refractivity contribution < 1.29 is 14.3 Å². The molecule has 8 heteroatoms. The smallest absolute Gasteiger partial charge is 0.410 e. The van der Waals surface area contributed by atoms with Gasteiger partial charge in [-0.3, -0.25) is 14.8 Å². The van der Waals surface area contributed by atoms with Gasteiger partial charge in [0.25, 0.3) is 0 Å². The molecule has 3 rings (SSSR count). The molecule has 0 bridgehead atoms. The van der Waals surface area contributed by atoms with Crippen LogP contribution in [-0.4, -0.2) is 61.7 Å². The van der Waals surface area contributed by atoms with Gasteiger partial charge in [-0.15, -0.1) is 0 Å². The van der Waals surface area contributed by atoms with E-state index in [2.05, 4.69) is 15.2 Å². The van der Waals surface area contributed by atoms with Crippen LogP contribution in [0.15, 0.2) is 0 Å². The molecule has 8 nitrogen and oxygen atoms in total. The zero-order valence-electron chi connectivity index (χ0n) is 15.4. The SMILES string of the molecule is Cc1nc(C2CCCCN2C(=O)[C@H]2CCN2C(=O)OC(C)(C)C)n[nH]1. The Hall–Kier alpha value is -2.12. The fourth-order valence-electron chi connectivity index (χ4n) is 3.35. The molecule has 0 radical (unpaired) electrons. The van der Waals surface area contributed by atoms with Crippen LogP contribution in [0.2, 0.25) is 0 Å². The number of carbonyl (C=O) groups excluding carboxylic acids is 2. The number of likely N-dealkylation sites (tertiary alicyclic amines) is 2. The highest BCUT2D eigenvalue weighted by Gasteiger charge is 2.44. The van der Waals surface area contributed by atoms with Crippen molar-refractivity contribution in [2.75, 3.05) is 13.1 Å². The molecular formula is C17H27N5O3. The Morgan fingerprint density at radius 1 is 1.16 bits per heavy atom. The minimum Gasteiger partial charge on any atom is -0.444 e. The van der Waals surface area contributed by atoms with E-state index in [9.17, 15) is 9.59 Å². The normalized spacial score (nSPS) is 24.0. The molecule has 0 aliphatic carbocycles. The van der Waals surface area contributed by atoms with Crippen LogP contribution in [0.5, 0.6) is 0 Å². The van der Waals surface area contributed by atoms with Crippen molar-refractivity contribution in [3.8, 4) is 0 Å². The molecule has 1 aromatic heterocycles. The Kier molecular flexibility index (Phi) is 4.71. The molecule has 0 saturated carbocycles. The van der Waals surface area contributed by atoms with Gasteiger partial charge < -0.3 is 9.64 Å². The number of nitrogens with one attached hydrogen (secondary N) is 1. The van der Waals surface area contributed by atoms with E-state index in [1.165, 1.54) is 4.90 Å². The molecule has 2 atom stereocenters. The Labute approximate surface area is 147 Å². The lowest BCUT2D eigenvalue weighted by Crippen LogP contribution is -2.60. The first-order chi connectivity index (χ1) is 11.8. The number of H-pyrrole nitrogens is 1. The van der Waals surface area contributed by atoms with E-state index in [-0.39, 0.29) is 11.9 Å². The van der Waals surface area contributed by atoms with Crippen LogP contribution in [0, 0.1) is 6.92 Å². The lowest BCUT2D eigenvalue weighted by Gasteiger charge is -2.44. The summed E-state index contributed by atoms with van der Waals surface area (Å²) in [5, 5.41) is 7.09. The van der Waals surface area contributed by atoms with Crippen LogP contribution >= 0.6 is 0 Å². The standard InChI is InChI=1S/C17H27N5O3/c1-11-18-14(20-19-11)12-7-5-6-9-21(12)15(23)13-8-10-22(13)16(24)25-17(2,3)4/h12-13H,5-10H2,1-4H3,(H,18,19,20)/t12?,13-/m1/s1. The molecule has 2 aliphatic heterocycles. The number of rotatable bonds is 2. The van der Waals surface area contributed by atoms with Crippen molar-refractivity contribution in [1.82, 2.24) is 25.0 Å². The number of aryl methyl sites for hydroxylation is 1. The van der Waals surface area contributed by atoms with Gasteiger partial charge in [-0.2, -0.15) is 5.10 Å². The van der Waals surface area contributed by atoms with E-state index >= 15 is 0 Å². The number of piperidine rings is 1. The molecule has 2 amide bonds. The number of hydrogen-bond acceptors (Lipinski definition) is 5. The summed E-state index contributed by atoms with van der Waals surface area (Å²) in [4.78, 5) is 33.1. The molecule has 2 aliphatic rings. The van der Waals surface area contributed by atoms with Crippen LogP contribution in [-0.2, 0) is 9.53 Å². The van der Waals surface area contributed by atoms with E-state index < -0.39 is 17.7 Å². The minimum atomic E-state index is -0.565. The van der Waals surface area contributed by atoms with Gasteiger partial charge >= 0.3 is 6.09 Å².